The fourth-order valence-corrected chi connectivity index (χ4v) is 3.20. The highest BCUT2D eigenvalue weighted by Gasteiger charge is 2.64. The van der Waals surface area contributed by atoms with Gasteiger partial charge < -0.3 is 10.0 Å². The maximum absolute atomic E-state index is 13.1. The first-order valence-electron chi connectivity index (χ1n) is 6.14. The van der Waals surface area contributed by atoms with E-state index in [0.29, 0.717) is 19.4 Å². The molecule has 0 bridgehead atoms. The van der Waals surface area contributed by atoms with Crippen molar-refractivity contribution in [3.8, 4) is 0 Å². The molecule has 0 aromatic carbocycles. The summed E-state index contributed by atoms with van der Waals surface area (Å²) in [6, 6.07) is 0. The zero-order valence-electron chi connectivity index (χ0n) is 10.3. The van der Waals surface area contributed by atoms with Gasteiger partial charge in [-0.3, -0.25) is 9.59 Å². The van der Waals surface area contributed by atoms with Crippen LogP contribution in [-0.2, 0) is 9.59 Å². The van der Waals surface area contributed by atoms with Crippen LogP contribution in [0.5, 0.6) is 0 Å². The smallest absolute Gasteiger partial charge is 0.310 e. The molecule has 6 heteroatoms. The molecule has 1 aliphatic heterocycles. The Morgan fingerprint density at radius 2 is 1.94 bits per heavy atom. The van der Waals surface area contributed by atoms with Crippen LogP contribution in [-0.4, -0.2) is 40.9 Å². The maximum atomic E-state index is 13.1. The number of amides is 1. The lowest BCUT2D eigenvalue weighted by molar-refractivity contribution is -0.211. The second kappa shape index (κ2) is 4.17. The Morgan fingerprint density at radius 1 is 1.33 bits per heavy atom. The molecule has 0 spiro atoms. The number of aliphatic carboxylic acids is 1. The van der Waals surface area contributed by atoms with Crippen LogP contribution in [0.3, 0.4) is 0 Å². The molecule has 1 N–H and O–H groups in total. The second-order valence-electron chi connectivity index (χ2n) is 5.47. The van der Waals surface area contributed by atoms with E-state index in [2.05, 4.69) is 0 Å². The summed E-state index contributed by atoms with van der Waals surface area (Å²) in [5.74, 6) is -4.49. The van der Waals surface area contributed by atoms with E-state index in [1.54, 1.807) is 4.90 Å². The molecular formula is C12H17F2NO3. The van der Waals surface area contributed by atoms with E-state index >= 15 is 0 Å². The second-order valence-corrected chi connectivity index (χ2v) is 5.47. The van der Waals surface area contributed by atoms with Crippen LogP contribution in [0.1, 0.15) is 32.6 Å². The number of hydrogen-bond donors (Lipinski definition) is 1. The fraction of sp³-hybridized carbons (Fsp3) is 0.833. The van der Waals surface area contributed by atoms with E-state index in [0.717, 1.165) is 0 Å². The van der Waals surface area contributed by atoms with Crippen molar-refractivity contribution in [2.75, 3.05) is 13.1 Å². The number of carboxylic acids is 1. The highest BCUT2D eigenvalue weighted by molar-refractivity contribution is 5.77. The van der Waals surface area contributed by atoms with Crippen LogP contribution in [0.2, 0.25) is 0 Å². The predicted octanol–water partition coefficient (Wildman–Crippen LogP) is 1.74. The first kappa shape index (κ1) is 13.2. The summed E-state index contributed by atoms with van der Waals surface area (Å²) in [4.78, 5) is 24.2. The van der Waals surface area contributed by atoms with Gasteiger partial charge in [0.1, 0.15) is 0 Å². The molecule has 18 heavy (non-hydrogen) atoms. The summed E-state index contributed by atoms with van der Waals surface area (Å²) in [5.41, 5.74) is -1.34. The van der Waals surface area contributed by atoms with Gasteiger partial charge in [0.2, 0.25) is 11.8 Å². The van der Waals surface area contributed by atoms with Crippen LogP contribution in [0, 0.1) is 11.3 Å². The van der Waals surface area contributed by atoms with Crippen molar-refractivity contribution in [3.63, 3.8) is 0 Å². The largest absolute Gasteiger partial charge is 0.481 e. The summed E-state index contributed by atoms with van der Waals surface area (Å²) >= 11 is 0. The summed E-state index contributed by atoms with van der Waals surface area (Å²) in [5, 5.41) is 9.26. The Bertz CT molecular complexity index is 376. The van der Waals surface area contributed by atoms with Crippen molar-refractivity contribution >= 4 is 11.9 Å². The van der Waals surface area contributed by atoms with Crippen molar-refractivity contribution in [2.45, 2.75) is 38.5 Å². The number of likely N-dealkylation sites (tertiary alicyclic amines) is 1. The molecule has 1 amide bonds. The topological polar surface area (TPSA) is 57.6 Å². The summed E-state index contributed by atoms with van der Waals surface area (Å²) in [6.07, 6.45) is 0.106. The number of hydrogen-bond acceptors (Lipinski definition) is 2. The van der Waals surface area contributed by atoms with Crippen molar-refractivity contribution in [1.82, 2.24) is 4.90 Å². The number of carboxylic acid groups (broad SMARTS) is 1. The molecule has 2 aliphatic rings. The number of carbonyl (C=O) groups is 2. The van der Waals surface area contributed by atoms with Crippen LogP contribution in [0.25, 0.3) is 0 Å². The molecule has 1 saturated heterocycles. The van der Waals surface area contributed by atoms with Gasteiger partial charge in [-0.1, -0.05) is 0 Å². The number of piperidine rings is 1. The molecule has 0 aromatic heterocycles. The first-order chi connectivity index (χ1) is 8.27. The van der Waals surface area contributed by atoms with Gasteiger partial charge in [0.25, 0.3) is 0 Å². The molecule has 0 aromatic rings. The minimum atomic E-state index is -2.86. The zero-order valence-corrected chi connectivity index (χ0v) is 10.3. The lowest BCUT2D eigenvalue weighted by Crippen LogP contribution is -2.59. The summed E-state index contributed by atoms with van der Waals surface area (Å²) < 4.78 is 26.1. The Morgan fingerprint density at radius 3 is 2.39 bits per heavy atom. The van der Waals surface area contributed by atoms with E-state index in [9.17, 15) is 23.5 Å². The van der Waals surface area contributed by atoms with Crippen molar-refractivity contribution in [3.05, 3.63) is 0 Å². The van der Waals surface area contributed by atoms with Crippen LogP contribution >= 0.6 is 0 Å². The highest BCUT2D eigenvalue weighted by Crippen LogP contribution is 2.57. The molecule has 2 fully saturated rings. The maximum Gasteiger partial charge on any atom is 0.310 e. The summed E-state index contributed by atoms with van der Waals surface area (Å²) in [6.45, 7) is 2.31. The highest BCUT2D eigenvalue weighted by atomic mass is 19.3. The molecule has 1 aliphatic carbocycles. The third-order valence-corrected chi connectivity index (χ3v) is 4.22. The van der Waals surface area contributed by atoms with Crippen molar-refractivity contribution < 1.29 is 23.5 Å². The lowest BCUT2D eigenvalue weighted by atomic mass is 9.57. The Balaban J connectivity index is 2.13. The van der Waals surface area contributed by atoms with Gasteiger partial charge in [-0.25, -0.2) is 8.78 Å². The lowest BCUT2D eigenvalue weighted by Gasteiger charge is -2.51. The minimum Gasteiger partial charge on any atom is -0.481 e. The molecule has 4 nitrogen and oxygen atoms in total. The SMILES string of the molecule is CC(=O)N1CCCC(C2(C(=O)O)CC(F)(F)C2)C1. The Hall–Kier alpha value is -1.20. The number of alkyl halides is 2. The molecule has 1 unspecified atom stereocenters. The van der Waals surface area contributed by atoms with E-state index in [-0.39, 0.29) is 18.4 Å². The molecule has 1 saturated carbocycles. The normalized spacial score (nSPS) is 29.5. The van der Waals surface area contributed by atoms with Crippen LogP contribution in [0.4, 0.5) is 8.78 Å². The van der Waals surface area contributed by atoms with E-state index < -0.39 is 30.1 Å². The van der Waals surface area contributed by atoms with Gasteiger partial charge in [-0.05, 0) is 18.8 Å². The quantitative estimate of drug-likeness (QED) is 0.823. The van der Waals surface area contributed by atoms with Gasteiger partial charge in [0, 0.05) is 32.9 Å². The Labute approximate surface area is 104 Å². The average molecular weight is 261 g/mol. The van der Waals surface area contributed by atoms with E-state index in [4.69, 9.17) is 0 Å². The monoisotopic (exact) mass is 261 g/mol. The van der Waals surface area contributed by atoms with Crippen LogP contribution < -0.4 is 0 Å². The van der Waals surface area contributed by atoms with Crippen molar-refractivity contribution in [1.29, 1.82) is 0 Å². The first-order valence-corrected chi connectivity index (χ1v) is 6.14. The minimum absolute atomic E-state index is 0.119. The number of rotatable bonds is 2. The van der Waals surface area contributed by atoms with Gasteiger partial charge in [-0.2, -0.15) is 0 Å². The molecular weight excluding hydrogens is 244 g/mol. The predicted molar refractivity (Wildman–Crippen MR) is 59.2 cm³/mol. The average Bonchev–Trinajstić information content (AvgIpc) is 2.25. The molecule has 2 rings (SSSR count). The standard InChI is InChI=1S/C12H17F2NO3/c1-8(16)15-4-2-3-9(5-15)11(10(17)18)6-12(13,14)7-11/h9H,2-7H2,1H3,(H,17,18). The van der Waals surface area contributed by atoms with Crippen LogP contribution in [0.15, 0.2) is 0 Å². The van der Waals surface area contributed by atoms with Gasteiger partial charge in [-0.15, -0.1) is 0 Å². The van der Waals surface area contributed by atoms with Crippen molar-refractivity contribution in [2.24, 2.45) is 11.3 Å². The molecule has 102 valence electrons. The number of halogens is 2. The third-order valence-electron chi connectivity index (χ3n) is 4.22. The summed E-state index contributed by atoms with van der Waals surface area (Å²) in [7, 11) is 0. The van der Waals surface area contributed by atoms with E-state index in [1.807, 2.05) is 0 Å². The van der Waals surface area contributed by atoms with Gasteiger partial charge in [0.05, 0.1) is 5.41 Å². The fourth-order valence-electron chi connectivity index (χ4n) is 3.20. The number of nitrogens with zero attached hydrogens (tertiary/aromatic N) is 1. The molecule has 1 atom stereocenters. The zero-order chi connectivity index (χ0) is 13.6. The number of carbonyl (C=O) groups excluding carboxylic acids is 1. The van der Waals surface area contributed by atoms with Gasteiger partial charge in [0.15, 0.2) is 0 Å². The van der Waals surface area contributed by atoms with Gasteiger partial charge >= 0.3 is 5.97 Å². The third kappa shape index (κ3) is 2.08. The Kier molecular flexibility index (Phi) is 3.07. The molecule has 1 heterocycles. The van der Waals surface area contributed by atoms with E-state index in [1.165, 1.54) is 6.92 Å². The molecule has 0 radical (unpaired) electrons.